The van der Waals surface area contributed by atoms with Crippen LogP contribution in [-0.4, -0.2) is 36.2 Å². The van der Waals surface area contributed by atoms with Crippen LogP contribution in [0.15, 0.2) is 53.7 Å². The molecule has 11 nitrogen and oxygen atoms in total. The fourth-order valence-corrected chi connectivity index (χ4v) is 3.26. The Morgan fingerprint density at radius 1 is 1.15 bits per heavy atom. The van der Waals surface area contributed by atoms with E-state index in [0.717, 1.165) is 11.8 Å². The van der Waals surface area contributed by atoms with Crippen molar-refractivity contribution in [2.24, 2.45) is 0 Å². The smallest absolute Gasteiger partial charge is 0.373 e. The predicted molar refractivity (Wildman–Crippen MR) is 118 cm³/mol. The summed E-state index contributed by atoms with van der Waals surface area (Å²) in [7, 11) is -3.95. The Bertz CT molecular complexity index is 1320. The average molecular weight is 469 g/mol. The van der Waals surface area contributed by atoms with Crippen LogP contribution in [0.2, 0.25) is 0 Å². The standard InChI is InChI=1S/C21H19N5O6S/c1-3-31-16-10-9-15(12-22)11-17(16)32-20-18(26(27)28)19(24-21(25-20)33(2,29)30)23-13-14-7-5-4-6-8-14/h4-11H,3,13H2,1-2H3,(H,23,24,25). The molecule has 0 atom stereocenters. The molecule has 0 spiro atoms. The van der Waals surface area contributed by atoms with Crippen LogP contribution in [0.1, 0.15) is 18.1 Å². The van der Waals surface area contributed by atoms with Crippen molar-refractivity contribution >= 4 is 21.3 Å². The maximum Gasteiger partial charge on any atom is 0.373 e. The van der Waals surface area contributed by atoms with Crippen molar-refractivity contribution in [1.29, 1.82) is 5.26 Å². The van der Waals surface area contributed by atoms with Crippen LogP contribution in [0.25, 0.3) is 0 Å². The number of rotatable bonds is 9. The summed E-state index contributed by atoms with van der Waals surface area (Å²) in [6.45, 7) is 2.12. The topological polar surface area (TPSA) is 157 Å². The molecule has 0 amide bonds. The lowest BCUT2D eigenvalue weighted by Crippen LogP contribution is -2.12. The zero-order valence-electron chi connectivity index (χ0n) is 17.7. The lowest BCUT2D eigenvalue weighted by molar-refractivity contribution is -0.385. The zero-order valence-corrected chi connectivity index (χ0v) is 18.5. The van der Waals surface area contributed by atoms with Gasteiger partial charge in [0, 0.05) is 18.9 Å². The second-order valence-electron chi connectivity index (χ2n) is 6.69. The monoisotopic (exact) mass is 469 g/mol. The molecule has 0 radical (unpaired) electrons. The molecule has 170 valence electrons. The summed E-state index contributed by atoms with van der Waals surface area (Å²) in [4.78, 5) is 18.8. The molecule has 1 aromatic heterocycles. The van der Waals surface area contributed by atoms with Crippen LogP contribution in [0.4, 0.5) is 11.5 Å². The van der Waals surface area contributed by atoms with E-state index >= 15 is 0 Å². The predicted octanol–water partition coefficient (Wildman–Crippen LogP) is 3.46. The highest BCUT2D eigenvalue weighted by Crippen LogP contribution is 2.39. The fourth-order valence-electron chi connectivity index (χ4n) is 2.76. The minimum absolute atomic E-state index is 0.0360. The van der Waals surface area contributed by atoms with Gasteiger partial charge in [0.05, 0.1) is 23.2 Å². The number of nitrogens with zero attached hydrogens (tertiary/aromatic N) is 4. The van der Waals surface area contributed by atoms with E-state index in [1.165, 1.54) is 18.2 Å². The SMILES string of the molecule is CCOc1ccc(C#N)cc1Oc1nc(S(C)(=O)=O)nc(NCc2ccccc2)c1[N+](=O)[O-]. The minimum atomic E-state index is -3.95. The van der Waals surface area contributed by atoms with Crippen molar-refractivity contribution in [3.05, 3.63) is 69.8 Å². The molecule has 0 bridgehead atoms. The van der Waals surface area contributed by atoms with Gasteiger partial charge in [-0.05, 0) is 24.6 Å². The van der Waals surface area contributed by atoms with Crippen molar-refractivity contribution in [3.63, 3.8) is 0 Å². The van der Waals surface area contributed by atoms with Crippen LogP contribution in [-0.2, 0) is 16.4 Å². The Kier molecular flexibility index (Phi) is 7.04. The fraction of sp³-hybridized carbons (Fsp3) is 0.190. The Balaban J connectivity index is 2.14. The van der Waals surface area contributed by atoms with Gasteiger partial charge in [-0.1, -0.05) is 30.3 Å². The summed E-state index contributed by atoms with van der Waals surface area (Å²) in [5, 5.41) is 23.2. The highest BCUT2D eigenvalue weighted by molar-refractivity contribution is 7.90. The Morgan fingerprint density at radius 3 is 2.48 bits per heavy atom. The molecule has 0 aliphatic rings. The number of hydrogen-bond acceptors (Lipinski definition) is 10. The van der Waals surface area contributed by atoms with Gasteiger partial charge in [-0.25, -0.2) is 8.42 Å². The molecular weight excluding hydrogens is 450 g/mol. The number of nitrogens with one attached hydrogen (secondary N) is 1. The number of aromatic nitrogens is 2. The number of ether oxygens (including phenoxy) is 2. The van der Waals surface area contributed by atoms with Gasteiger partial charge in [-0.3, -0.25) is 10.1 Å². The number of benzene rings is 2. The summed E-state index contributed by atoms with van der Waals surface area (Å²) in [5.74, 6) is -0.777. The first-order valence-corrected chi connectivity index (χ1v) is 11.5. The summed E-state index contributed by atoms with van der Waals surface area (Å²) in [5.41, 5.74) is 0.327. The molecule has 3 aromatic rings. The second-order valence-corrected chi connectivity index (χ2v) is 8.59. The first-order valence-electron chi connectivity index (χ1n) is 9.62. The lowest BCUT2D eigenvalue weighted by Gasteiger charge is -2.14. The molecule has 1 N–H and O–H groups in total. The van der Waals surface area contributed by atoms with Crippen LogP contribution in [0.5, 0.6) is 17.4 Å². The van der Waals surface area contributed by atoms with Crippen molar-refractivity contribution in [2.45, 2.75) is 18.6 Å². The van der Waals surface area contributed by atoms with Gasteiger partial charge in [0.15, 0.2) is 11.5 Å². The molecule has 1 heterocycles. The Hall–Kier alpha value is -4.24. The van der Waals surface area contributed by atoms with Crippen LogP contribution in [0.3, 0.4) is 0 Å². The second kappa shape index (κ2) is 9.92. The number of nitriles is 1. The van der Waals surface area contributed by atoms with Crippen molar-refractivity contribution in [3.8, 4) is 23.4 Å². The van der Waals surface area contributed by atoms with Gasteiger partial charge in [0.2, 0.25) is 15.7 Å². The maximum absolute atomic E-state index is 12.2. The van der Waals surface area contributed by atoms with E-state index in [1.54, 1.807) is 31.2 Å². The molecule has 0 aliphatic heterocycles. The third-order valence-corrected chi connectivity index (χ3v) is 5.07. The number of sulfone groups is 1. The van der Waals surface area contributed by atoms with Crippen molar-refractivity contribution < 1.29 is 22.8 Å². The molecule has 0 unspecified atom stereocenters. The van der Waals surface area contributed by atoms with Crippen molar-refractivity contribution in [2.75, 3.05) is 18.2 Å². The first kappa shape index (κ1) is 23.4. The van der Waals surface area contributed by atoms with Gasteiger partial charge in [0.1, 0.15) is 0 Å². The van der Waals surface area contributed by atoms with E-state index in [2.05, 4.69) is 15.3 Å². The van der Waals surface area contributed by atoms with E-state index < -0.39 is 31.5 Å². The quantitative estimate of drug-likeness (QED) is 0.279. The number of anilines is 1. The normalized spacial score (nSPS) is 10.8. The molecule has 12 heteroatoms. The molecule has 2 aromatic carbocycles. The highest BCUT2D eigenvalue weighted by Gasteiger charge is 2.30. The van der Waals surface area contributed by atoms with Gasteiger partial charge in [0.25, 0.3) is 5.16 Å². The average Bonchev–Trinajstić information content (AvgIpc) is 2.78. The van der Waals surface area contributed by atoms with E-state index in [9.17, 15) is 23.8 Å². The molecule has 0 aliphatic carbocycles. The third kappa shape index (κ3) is 5.72. The van der Waals surface area contributed by atoms with Crippen LogP contribution < -0.4 is 14.8 Å². The molecule has 3 rings (SSSR count). The van der Waals surface area contributed by atoms with Crippen molar-refractivity contribution in [1.82, 2.24) is 9.97 Å². The highest BCUT2D eigenvalue weighted by atomic mass is 32.2. The maximum atomic E-state index is 12.2. The van der Waals surface area contributed by atoms with Gasteiger partial charge in [-0.2, -0.15) is 15.2 Å². The van der Waals surface area contributed by atoms with E-state index in [0.29, 0.717) is 0 Å². The van der Waals surface area contributed by atoms with E-state index in [-0.39, 0.29) is 36.0 Å². The summed E-state index contributed by atoms with van der Waals surface area (Å²) in [6.07, 6.45) is 0.876. The molecule has 0 saturated heterocycles. The van der Waals surface area contributed by atoms with E-state index in [1.807, 2.05) is 12.1 Å². The minimum Gasteiger partial charge on any atom is -0.490 e. The van der Waals surface area contributed by atoms with Gasteiger partial charge in [-0.15, -0.1) is 0 Å². The first-order chi connectivity index (χ1) is 15.7. The molecule has 0 fully saturated rings. The summed E-state index contributed by atoms with van der Waals surface area (Å²) in [6, 6.07) is 15.2. The Morgan fingerprint density at radius 2 is 1.88 bits per heavy atom. The van der Waals surface area contributed by atoms with E-state index in [4.69, 9.17) is 9.47 Å². The summed E-state index contributed by atoms with van der Waals surface area (Å²) < 4.78 is 35.5. The number of hydrogen-bond donors (Lipinski definition) is 1. The lowest BCUT2D eigenvalue weighted by atomic mass is 10.2. The summed E-state index contributed by atoms with van der Waals surface area (Å²) >= 11 is 0. The van der Waals surface area contributed by atoms with Gasteiger partial charge < -0.3 is 14.8 Å². The molecule has 33 heavy (non-hydrogen) atoms. The largest absolute Gasteiger partial charge is 0.490 e. The Labute approximate surface area is 189 Å². The zero-order chi connectivity index (χ0) is 24.0. The third-order valence-electron chi connectivity index (χ3n) is 4.23. The molecular formula is C21H19N5O6S. The molecule has 0 saturated carbocycles. The van der Waals surface area contributed by atoms with Crippen LogP contribution in [0, 0.1) is 21.4 Å². The van der Waals surface area contributed by atoms with Crippen LogP contribution >= 0.6 is 0 Å². The van der Waals surface area contributed by atoms with Gasteiger partial charge >= 0.3 is 11.6 Å². The number of nitro groups is 1.